The highest BCUT2D eigenvalue weighted by Crippen LogP contribution is 2.48. The Morgan fingerprint density at radius 1 is 0.986 bits per heavy atom. The summed E-state index contributed by atoms with van der Waals surface area (Å²) >= 11 is 0. The highest BCUT2D eigenvalue weighted by Gasteiger charge is 2.59. The Morgan fingerprint density at radius 2 is 1.80 bits per heavy atom. The number of piperazine rings is 1. The first kappa shape index (κ1) is 47.5. The maximum atomic E-state index is 15.8. The molecule has 0 aliphatic carbocycles. The van der Waals surface area contributed by atoms with Crippen molar-refractivity contribution in [1.29, 1.82) is 0 Å². The molecule has 0 bridgehead atoms. The van der Waals surface area contributed by atoms with E-state index in [1.165, 1.54) is 6.20 Å². The molecule has 4 saturated heterocycles. The molecule has 3 aromatic carbocycles. The highest BCUT2D eigenvalue weighted by atomic mass is 32.2. The van der Waals surface area contributed by atoms with E-state index in [1.807, 2.05) is 53.1 Å². The summed E-state index contributed by atoms with van der Waals surface area (Å²) < 4.78 is 79.5. The number of hydrogen-bond donors (Lipinski definition) is 4. The molecule has 5 atom stereocenters. The predicted molar refractivity (Wildman–Crippen MR) is 254 cm³/mol. The number of hydrogen-bond acceptors (Lipinski definition) is 11. The van der Waals surface area contributed by atoms with Crippen molar-refractivity contribution in [1.82, 2.24) is 39.6 Å². The van der Waals surface area contributed by atoms with Gasteiger partial charge in [0.15, 0.2) is 5.82 Å². The molecule has 4 N–H and O–H groups in total. The van der Waals surface area contributed by atoms with Crippen LogP contribution in [0.2, 0.25) is 0 Å². The number of fused-ring (bicyclic) bond motifs is 2. The molecule has 368 valence electrons. The zero-order chi connectivity index (χ0) is 49.1. The van der Waals surface area contributed by atoms with Crippen molar-refractivity contribution in [3.05, 3.63) is 113 Å². The van der Waals surface area contributed by atoms with Gasteiger partial charge in [-0.25, -0.2) is 18.2 Å². The molecule has 16 nitrogen and oxygen atoms in total. The molecule has 4 unspecified atom stereocenters. The summed E-state index contributed by atoms with van der Waals surface area (Å²) in [5.41, 5.74) is 1.72. The Kier molecular flexibility index (Phi) is 12.8. The third-order valence-electron chi connectivity index (χ3n) is 14.9. The summed E-state index contributed by atoms with van der Waals surface area (Å²) in [5, 5.41) is 6.37. The summed E-state index contributed by atoms with van der Waals surface area (Å²) in [7, 11) is -2.39. The van der Waals surface area contributed by atoms with Crippen molar-refractivity contribution in [3.63, 3.8) is 0 Å². The molecular formula is C50H54F3N9O7S. The third-order valence-corrected chi connectivity index (χ3v) is 16.4. The molecule has 0 saturated carbocycles. The van der Waals surface area contributed by atoms with Gasteiger partial charge in [0.2, 0.25) is 17.6 Å². The summed E-state index contributed by atoms with van der Waals surface area (Å²) in [6.07, 6.45) is 3.98. The number of anilines is 1. The van der Waals surface area contributed by atoms with Crippen LogP contribution in [-0.2, 0) is 26.3 Å². The topological polar surface area (TPSA) is 189 Å². The van der Waals surface area contributed by atoms with E-state index in [4.69, 9.17) is 4.74 Å². The van der Waals surface area contributed by atoms with Crippen LogP contribution in [0.3, 0.4) is 0 Å². The van der Waals surface area contributed by atoms with Crippen molar-refractivity contribution in [3.8, 4) is 16.9 Å². The number of benzene rings is 3. The number of ether oxygens (including phenoxy) is 1. The van der Waals surface area contributed by atoms with Crippen molar-refractivity contribution in [2.45, 2.75) is 63.4 Å². The Balaban J connectivity index is 0.804. The second-order valence-corrected chi connectivity index (χ2v) is 20.6. The van der Waals surface area contributed by atoms with E-state index in [9.17, 15) is 32.0 Å². The molecule has 4 fully saturated rings. The number of likely N-dealkylation sites (tertiary alicyclic amines) is 1. The number of aromatic nitrogens is 2. The minimum absolute atomic E-state index is 0.00707. The first-order valence-corrected chi connectivity index (χ1v) is 25.2. The minimum atomic E-state index is -4.38. The minimum Gasteiger partial charge on any atom is -0.492 e. The van der Waals surface area contributed by atoms with Crippen LogP contribution >= 0.6 is 0 Å². The molecular weight excluding hydrogens is 928 g/mol. The molecule has 3 amide bonds. The van der Waals surface area contributed by atoms with Crippen molar-refractivity contribution in [2.75, 3.05) is 64.2 Å². The zero-order valence-corrected chi connectivity index (χ0v) is 39.6. The smallest absolute Gasteiger partial charge is 0.301 e. The van der Waals surface area contributed by atoms with Crippen LogP contribution in [0.25, 0.3) is 22.2 Å². The van der Waals surface area contributed by atoms with Gasteiger partial charge in [-0.15, -0.1) is 0 Å². The molecule has 5 aliphatic heterocycles. The fraction of sp³-hybridized carbons (Fsp3) is 0.420. The van der Waals surface area contributed by atoms with Crippen molar-refractivity contribution in [2.24, 2.45) is 11.8 Å². The number of H-pyrrole nitrogens is 1. The van der Waals surface area contributed by atoms with E-state index >= 15 is 8.78 Å². The molecule has 10 rings (SSSR count). The van der Waals surface area contributed by atoms with Gasteiger partial charge in [-0.3, -0.25) is 39.0 Å². The van der Waals surface area contributed by atoms with E-state index in [2.05, 4.69) is 43.4 Å². The number of carbonyl (C=O) groups excluding carboxylic acids is 4. The number of alkyl halides is 1. The lowest BCUT2D eigenvalue weighted by molar-refractivity contribution is -0.162. The van der Waals surface area contributed by atoms with E-state index in [0.29, 0.717) is 60.6 Å². The Labute approximate surface area is 403 Å². The van der Waals surface area contributed by atoms with E-state index in [0.717, 1.165) is 65.6 Å². The Bertz CT molecular complexity index is 3000. The van der Waals surface area contributed by atoms with Crippen LogP contribution in [0.15, 0.2) is 73.1 Å². The number of halogens is 3. The zero-order valence-electron chi connectivity index (χ0n) is 38.8. The van der Waals surface area contributed by atoms with Gasteiger partial charge in [0.1, 0.15) is 35.7 Å². The first-order chi connectivity index (χ1) is 33.6. The van der Waals surface area contributed by atoms with Crippen LogP contribution in [0.5, 0.6) is 5.75 Å². The SMILES string of the molecule is CC1CCCN(C)C1(C1CCC(=O)NC1=O)N1Cc2cc(C3CNCCN3CCOc3ccc(-c4cnc5[nH]cc(C(=O)c6c(F)ccc(NS(=O)(=O)N7CC[C@@H](F)C7)c6F)c5c4)cc3)ccc2C1=O. The normalized spacial score (nSPS) is 24.8. The predicted octanol–water partition coefficient (Wildman–Crippen LogP) is 5.53. The van der Waals surface area contributed by atoms with E-state index in [-0.39, 0.29) is 54.6 Å². The number of piperidine rings is 2. The maximum Gasteiger partial charge on any atom is 0.301 e. The van der Waals surface area contributed by atoms with Gasteiger partial charge in [-0.05, 0) is 91.7 Å². The number of amides is 3. The molecule has 2 aromatic heterocycles. The Morgan fingerprint density at radius 3 is 2.56 bits per heavy atom. The van der Waals surface area contributed by atoms with E-state index in [1.54, 1.807) is 12.3 Å². The number of rotatable bonds is 13. The maximum absolute atomic E-state index is 15.8. The van der Waals surface area contributed by atoms with Gasteiger partial charge in [0.25, 0.3) is 5.91 Å². The lowest BCUT2D eigenvalue weighted by atomic mass is 9.71. The quantitative estimate of drug-likeness (QED) is 0.0858. The number of nitrogens with one attached hydrogen (secondary N) is 4. The van der Waals surface area contributed by atoms with Crippen LogP contribution in [0.4, 0.5) is 18.9 Å². The highest BCUT2D eigenvalue weighted by molar-refractivity contribution is 7.90. The average Bonchev–Trinajstić information content (AvgIpc) is 4.08. The molecule has 5 aromatic rings. The summed E-state index contributed by atoms with van der Waals surface area (Å²) in [5.74, 6) is -4.22. The molecule has 7 heterocycles. The number of nitrogens with zero attached hydrogens (tertiary/aromatic N) is 5. The van der Waals surface area contributed by atoms with E-state index < -0.39 is 63.2 Å². The van der Waals surface area contributed by atoms with Gasteiger partial charge < -0.3 is 19.9 Å². The summed E-state index contributed by atoms with van der Waals surface area (Å²) in [6, 6.07) is 16.7. The average molecular weight is 982 g/mol. The number of carbonyl (C=O) groups is 4. The molecule has 0 radical (unpaired) electrons. The first-order valence-electron chi connectivity index (χ1n) is 23.7. The lowest BCUT2D eigenvalue weighted by Gasteiger charge is -2.58. The molecule has 70 heavy (non-hydrogen) atoms. The third kappa shape index (κ3) is 8.52. The Hall–Kier alpha value is -6.19. The van der Waals surface area contributed by atoms with Crippen LogP contribution < -0.4 is 20.1 Å². The van der Waals surface area contributed by atoms with Crippen LogP contribution in [0.1, 0.15) is 82.5 Å². The fourth-order valence-electron chi connectivity index (χ4n) is 11.4. The van der Waals surface area contributed by atoms with Gasteiger partial charge in [0.05, 0.1) is 17.2 Å². The second kappa shape index (κ2) is 18.9. The lowest BCUT2D eigenvalue weighted by Crippen LogP contribution is -2.72. The van der Waals surface area contributed by atoms with Gasteiger partial charge in [-0.2, -0.15) is 12.7 Å². The van der Waals surface area contributed by atoms with Crippen LogP contribution in [0, 0.1) is 23.5 Å². The van der Waals surface area contributed by atoms with Crippen molar-refractivity contribution < 1.29 is 45.5 Å². The number of ketones is 1. The van der Waals surface area contributed by atoms with Gasteiger partial charge >= 0.3 is 10.2 Å². The van der Waals surface area contributed by atoms with Crippen molar-refractivity contribution >= 4 is 50.4 Å². The second-order valence-electron chi connectivity index (χ2n) is 19.0. The fourth-order valence-corrected chi connectivity index (χ4v) is 12.7. The number of imide groups is 1. The van der Waals surface area contributed by atoms with Gasteiger partial charge in [-0.1, -0.05) is 31.2 Å². The monoisotopic (exact) mass is 981 g/mol. The standard InChI is InChI=1S/C50H54F3N9O7S/c1-29-4-3-17-59(2)50(29,39-11-14-43(63)57-48(39)65)62-27-33-22-31(7-10-36(33)49(62)66)42-26-54-16-19-60(42)20-21-69-35-8-5-30(6-9-35)32-23-37-38(25-56-47(37)55-24-32)46(64)44-40(52)12-13-41(45(44)53)58-70(67,68)61-18-15-34(51)28-61/h5-10,12-13,22-25,29,34,39,42,54,58H,3-4,11,14-21,26-28H2,1-2H3,(H,55,56)(H,57,63,65)/t29?,34-,39?,42?,50?/m1/s1. The molecule has 0 spiro atoms. The summed E-state index contributed by atoms with van der Waals surface area (Å²) in [6.45, 7) is 6.01. The van der Waals surface area contributed by atoms with Gasteiger partial charge in [0, 0.05) is 99.3 Å². The molecule has 5 aliphatic rings. The number of aromatic amines is 1. The largest absolute Gasteiger partial charge is 0.492 e. The summed E-state index contributed by atoms with van der Waals surface area (Å²) in [4.78, 5) is 67.6. The number of pyridine rings is 1. The molecule has 20 heteroatoms. The van der Waals surface area contributed by atoms with Crippen LogP contribution in [-0.4, -0.2) is 132 Å².